The van der Waals surface area contributed by atoms with E-state index >= 15 is 0 Å². The van der Waals surface area contributed by atoms with E-state index in [1.807, 2.05) is 6.92 Å². The third-order valence-electron chi connectivity index (χ3n) is 3.96. The number of ether oxygens (including phenoxy) is 1. The highest BCUT2D eigenvalue weighted by atomic mass is 19.1. The van der Waals surface area contributed by atoms with Crippen LogP contribution in [0.25, 0.3) is 0 Å². The van der Waals surface area contributed by atoms with Crippen molar-refractivity contribution in [2.24, 2.45) is 4.99 Å². The molecule has 0 saturated heterocycles. The maximum absolute atomic E-state index is 14.0. The Labute approximate surface area is 157 Å². The Balaban J connectivity index is 2.13. The predicted molar refractivity (Wildman–Crippen MR) is 99.8 cm³/mol. The van der Waals surface area contributed by atoms with Crippen molar-refractivity contribution in [1.29, 1.82) is 0 Å². The number of benzene rings is 2. The zero-order valence-corrected chi connectivity index (χ0v) is 15.7. The van der Waals surface area contributed by atoms with Gasteiger partial charge in [-0.3, -0.25) is 0 Å². The normalized spacial score (nSPS) is 12.7. The second-order valence-corrected chi connectivity index (χ2v) is 6.09. The summed E-state index contributed by atoms with van der Waals surface area (Å²) in [5.41, 5.74) is 1.62. The topological polar surface area (TPSA) is 45.7 Å². The molecule has 0 saturated carbocycles. The monoisotopic (exact) mass is 379 g/mol. The second-order valence-electron chi connectivity index (χ2n) is 6.09. The highest BCUT2D eigenvalue weighted by molar-refractivity contribution is 5.80. The lowest BCUT2D eigenvalue weighted by Crippen LogP contribution is -2.39. The number of nitrogens with one attached hydrogen (secondary N) is 2. The van der Waals surface area contributed by atoms with Gasteiger partial charge in [0.05, 0.1) is 19.2 Å². The van der Waals surface area contributed by atoms with Crippen LogP contribution in [0, 0.1) is 17.5 Å². The molecule has 1 unspecified atom stereocenters. The third-order valence-corrected chi connectivity index (χ3v) is 3.96. The lowest BCUT2D eigenvalue weighted by atomic mass is 10.1. The van der Waals surface area contributed by atoms with Crippen molar-refractivity contribution in [2.45, 2.75) is 33.0 Å². The van der Waals surface area contributed by atoms with Gasteiger partial charge in [0.25, 0.3) is 0 Å². The molecule has 2 aromatic rings. The first-order chi connectivity index (χ1) is 12.9. The molecule has 0 aromatic heterocycles. The van der Waals surface area contributed by atoms with Crippen molar-refractivity contribution in [3.05, 3.63) is 70.5 Å². The summed E-state index contributed by atoms with van der Waals surface area (Å²) in [6.07, 6.45) is 0. The summed E-state index contributed by atoms with van der Waals surface area (Å²) in [5, 5.41) is 6.17. The Bertz CT molecular complexity index is 796. The van der Waals surface area contributed by atoms with Crippen LogP contribution < -0.4 is 10.6 Å². The minimum atomic E-state index is -0.618. The molecule has 2 aromatic carbocycles. The summed E-state index contributed by atoms with van der Waals surface area (Å²) in [7, 11) is 1.51. The molecule has 7 heteroatoms. The Morgan fingerprint density at radius 3 is 2.56 bits per heavy atom. The van der Waals surface area contributed by atoms with Gasteiger partial charge in [0.15, 0.2) is 5.96 Å². The Morgan fingerprint density at radius 1 is 1.11 bits per heavy atom. The first-order valence-corrected chi connectivity index (χ1v) is 8.70. The van der Waals surface area contributed by atoms with Gasteiger partial charge in [0.1, 0.15) is 17.5 Å². The van der Waals surface area contributed by atoms with E-state index in [2.05, 4.69) is 15.6 Å². The maximum atomic E-state index is 14.0. The van der Waals surface area contributed by atoms with Crippen LogP contribution in [0.15, 0.2) is 41.4 Å². The van der Waals surface area contributed by atoms with E-state index < -0.39 is 17.7 Å². The van der Waals surface area contributed by atoms with Gasteiger partial charge in [0.2, 0.25) is 0 Å². The smallest absolute Gasteiger partial charge is 0.192 e. The zero-order chi connectivity index (χ0) is 19.8. The SMILES string of the molecule is CCNC(=NCc1ccc(F)c(COC)c1)NC(C)c1ccc(F)cc1F. The fourth-order valence-corrected chi connectivity index (χ4v) is 2.62. The number of methoxy groups -OCH3 is 1. The van der Waals surface area contributed by atoms with Crippen LogP contribution >= 0.6 is 0 Å². The molecule has 146 valence electrons. The summed E-state index contributed by atoms with van der Waals surface area (Å²) in [6.45, 7) is 4.78. The number of halogens is 3. The number of aliphatic imine (C=N–C) groups is 1. The molecular formula is C20H24F3N3O. The molecule has 4 nitrogen and oxygen atoms in total. The first-order valence-electron chi connectivity index (χ1n) is 8.70. The number of guanidine groups is 1. The molecule has 0 bridgehead atoms. The Morgan fingerprint density at radius 2 is 1.89 bits per heavy atom. The van der Waals surface area contributed by atoms with Crippen molar-refractivity contribution in [3.8, 4) is 0 Å². The number of hydrogen-bond donors (Lipinski definition) is 2. The standard InChI is InChI=1S/C20H24F3N3O/c1-4-24-20(26-13(2)17-7-6-16(21)10-19(17)23)25-11-14-5-8-18(22)15(9-14)12-27-3/h5-10,13H,4,11-12H2,1-3H3,(H2,24,25,26). The van der Waals surface area contributed by atoms with Crippen LogP contribution in [-0.4, -0.2) is 19.6 Å². The molecule has 27 heavy (non-hydrogen) atoms. The molecule has 0 heterocycles. The lowest BCUT2D eigenvalue weighted by Gasteiger charge is -2.19. The minimum absolute atomic E-state index is 0.183. The highest BCUT2D eigenvalue weighted by Gasteiger charge is 2.13. The third kappa shape index (κ3) is 5.99. The van der Waals surface area contributed by atoms with Gasteiger partial charge in [-0.1, -0.05) is 12.1 Å². The van der Waals surface area contributed by atoms with E-state index in [4.69, 9.17) is 4.74 Å². The minimum Gasteiger partial charge on any atom is -0.380 e. The summed E-state index contributed by atoms with van der Waals surface area (Å²) < 4.78 is 45.7. The predicted octanol–water partition coefficient (Wildman–Crippen LogP) is 4.07. The van der Waals surface area contributed by atoms with Crippen molar-refractivity contribution in [3.63, 3.8) is 0 Å². The van der Waals surface area contributed by atoms with Crippen molar-refractivity contribution in [1.82, 2.24) is 10.6 Å². The van der Waals surface area contributed by atoms with E-state index in [-0.39, 0.29) is 12.4 Å². The van der Waals surface area contributed by atoms with Gasteiger partial charge in [-0.15, -0.1) is 0 Å². The van der Waals surface area contributed by atoms with Crippen LogP contribution in [0.1, 0.15) is 36.6 Å². The van der Waals surface area contributed by atoms with E-state index in [1.54, 1.807) is 19.1 Å². The fourth-order valence-electron chi connectivity index (χ4n) is 2.62. The van der Waals surface area contributed by atoms with E-state index in [0.717, 1.165) is 11.6 Å². The Hall–Kier alpha value is -2.54. The van der Waals surface area contributed by atoms with E-state index in [0.29, 0.717) is 30.2 Å². The molecule has 1 atom stereocenters. The molecule has 0 aliphatic carbocycles. The Kier molecular flexibility index (Phi) is 7.67. The van der Waals surface area contributed by atoms with Crippen LogP contribution in [-0.2, 0) is 17.9 Å². The second kappa shape index (κ2) is 9.97. The van der Waals surface area contributed by atoms with Gasteiger partial charge in [-0.25, -0.2) is 18.2 Å². The largest absolute Gasteiger partial charge is 0.380 e. The molecular weight excluding hydrogens is 355 g/mol. The van der Waals surface area contributed by atoms with Gasteiger partial charge in [0, 0.05) is 30.8 Å². The fraction of sp³-hybridized carbons (Fsp3) is 0.350. The number of nitrogens with zero attached hydrogens (tertiary/aromatic N) is 1. The molecule has 0 amide bonds. The van der Waals surface area contributed by atoms with Crippen LogP contribution in [0.3, 0.4) is 0 Å². The molecule has 0 aliphatic heterocycles. The molecule has 0 radical (unpaired) electrons. The molecule has 2 N–H and O–H groups in total. The van der Waals surface area contributed by atoms with Crippen LogP contribution in [0.4, 0.5) is 13.2 Å². The number of hydrogen-bond acceptors (Lipinski definition) is 2. The maximum Gasteiger partial charge on any atom is 0.192 e. The molecule has 0 aliphatic rings. The summed E-state index contributed by atoms with van der Waals surface area (Å²) >= 11 is 0. The van der Waals surface area contributed by atoms with Gasteiger partial charge in [-0.2, -0.15) is 0 Å². The quantitative estimate of drug-likeness (QED) is 0.563. The average molecular weight is 379 g/mol. The van der Waals surface area contributed by atoms with Crippen LogP contribution in [0.2, 0.25) is 0 Å². The molecule has 0 fully saturated rings. The van der Waals surface area contributed by atoms with E-state index in [1.165, 1.54) is 25.3 Å². The summed E-state index contributed by atoms with van der Waals surface area (Å²) in [4.78, 5) is 4.46. The zero-order valence-electron chi connectivity index (χ0n) is 15.7. The molecule has 0 spiro atoms. The van der Waals surface area contributed by atoms with Crippen molar-refractivity contribution in [2.75, 3.05) is 13.7 Å². The first kappa shape index (κ1) is 20.8. The average Bonchev–Trinajstić information content (AvgIpc) is 2.62. The van der Waals surface area contributed by atoms with Gasteiger partial charge < -0.3 is 15.4 Å². The van der Waals surface area contributed by atoms with E-state index in [9.17, 15) is 13.2 Å². The lowest BCUT2D eigenvalue weighted by molar-refractivity contribution is 0.181. The molecule has 2 rings (SSSR count). The van der Waals surface area contributed by atoms with Crippen molar-refractivity contribution < 1.29 is 17.9 Å². The number of rotatable bonds is 7. The van der Waals surface area contributed by atoms with Crippen LogP contribution in [0.5, 0.6) is 0 Å². The van der Waals surface area contributed by atoms with Gasteiger partial charge >= 0.3 is 0 Å². The summed E-state index contributed by atoms with van der Waals surface area (Å²) in [6, 6.07) is 7.81. The van der Waals surface area contributed by atoms with Gasteiger partial charge in [-0.05, 0) is 37.6 Å². The summed E-state index contributed by atoms with van der Waals surface area (Å²) in [5.74, 6) is -1.08. The van der Waals surface area contributed by atoms with Crippen molar-refractivity contribution >= 4 is 5.96 Å². The highest BCUT2D eigenvalue weighted by Crippen LogP contribution is 2.18.